The van der Waals surface area contributed by atoms with Gasteiger partial charge in [-0.2, -0.15) is 13.2 Å². The smallest absolute Gasteiger partial charge is 0.288 e. The zero-order valence-electron chi connectivity index (χ0n) is 15.5. The molecule has 1 unspecified atom stereocenters. The van der Waals surface area contributed by atoms with Crippen molar-refractivity contribution in [3.63, 3.8) is 0 Å². The SMILES string of the molecule is NS(=O)(=O)c1ccc(N2C(=O)C(C(=O)C(F)(F)F)C(=O)N(c3ccc(Cl)cc3)C2=S)cc1. The van der Waals surface area contributed by atoms with E-state index in [4.69, 9.17) is 29.0 Å². The standard InChI is InChI=1S/C18H11ClF3N3O5S2/c19-9-1-3-10(4-2-9)24-15(27)13(14(26)18(20,21)22)16(28)25(17(24)31)11-5-7-12(8-6-11)32(23,29)30/h1-8,13H,(H2,23,29,30). The first-order valence-electron chi connectivity index (χ1n) is 8.45. The number of carbonyl (C=O) groups excluding carboxylic acids is 3. The van der Waals surface area contributed by atoms with Crippen LogP contribution in [0.4, 0.5) is 24.5 Å². The van der Waals surface area contributed by atoms with Crippen LogP contribution >= 0.6 is 23.8 Å². The Hall–Kier alpha value is -2.87. The number of hydrogen-bond donors (Lipinski definition) is 1. The van der Waals surface area contributed by atoms with Crippen LogP contribution in [0.25, 0.3) is 0 Å². The number of nitrogens with zero attached hydrogens (tertiary/aromatic N) is 2. The molecule has 0 saturated carbocycles. The predicted octanol–water partition coefficient (Wildman–Crippen LogP) is 2.40. The van der Waals surface area contributed by atoms with Crippen LogP contribution in [-0.2, 0) is 24.4 Å². The molecule has 0 aromatic heterocycles. The number of ketones is 1. The minimum Gasteiger partial charge on any atom is -0.288 e. The van der Waals surface area contributed by atoms with Crippen LogP contribution in [0.1, 0.15) is 0 Å². The molecule has 3 rings (SSSR count). The number of benzene rings is 2. The number of rotatable bonds is 4. The Morgan fingerprint density at radius 2 is 1.34 bits per heavy atom. The van der Waals surface area contributed by atoms with Crippen molar-refractivity contribution in [3.05, 3.63) is 53.6 Å². The van der Waals surface area contributed by atoms with Gasteiger partial charge < -0.3 is 0 Å². The molecule has 1 fully saturated rings. The van der Waals surface area contributed by atoms with Crippen molar-refractivity contribution >= 4 is 67.9 Å². The number of hydrogen-bond acceptors (Lipinski definition) is 6. The molecule has 2 aromatic carbocycles. The summed E-state index contributed by atoms with van der Waals surface area (Å²) in [7, 11) is -4.10. The highest BCUT2D eigenvalue weighted by atomic mass is 35.5. The molecule has 168 valence electrons. The third-order valence-corrected chi connectivity index (χ3v) is 5.91. The van der Waals surface area contributed by atoms with Gasteiger partial charge in [-0.1, -0.05) is 11.6 Å². The van der Waals surface area contributed by atoms with Gasteiger partial charge in [0.1, 0.15) is 0 Å². The highest BCUT2D eigenvalue weighted by Gasteiger charge is 2.56. The lowest BCUT2D eigenvalue weighted by atomic mass is 9.97. The normalized spacial score (nSPS) is 17.7. The molecule has 1 aliphatic rings. The maximum Gasteiger partial charge on any atom is 0.451 e. The van der Waals surface area contributed by atoms with E-state index < -0.39 is 44.8 Å². The van der Waals surface area contributed by atoms with E-state index in [1.54, 1.807) is 0 Å². The maximum atomic E-state index is 13.2. The Bertz CT molecular complexity index is 1230. The fourth-order valence-corrected chi connectivity index (χ4v) is 3.92. The van der Waals surface area contributed by atoms with Crippen molar-refractivity contribution in [2.24, 2.45) is 11.1 Å². The van der Waals surface area contributed by atoms with Crippen molar-refractivity contribution in [3.8, 4) is 0 Å². The van der Waals surface area contributed by atoms with E-state index in [-0.39, 0.29) is 21.3 Å². The first-order valence-corrected chi connectivity index (χ1v) is 10.8. The number of anilines is 2. The number of amides is 2. The van der Waals surface area contributed by atoms with Crippen molar-refractivity contribution in [1.29, 1.82) is 0 Å². The van der Waals surface area contributed by atoms with Gasteiger partial charge in [-0.15, -0.1) is 0 Å². The van der Waals surface area contributed by atoms with Crippen LogP contribution in [0, 0.1) is 5.92 Å². The van der Waals surface area contributed by atoms with Crippen LogP contribution in [0.15, 0.2) is 53.4 Å². The molecular formula is C18H11ClF3N3O5S2. The summed E-state index contributed by atoms with van der Waals surface area (Å²) in [6.07, 6.45) is -5.48. The molecule has 1 atom stereocenters. The van der Waals surface area contributed by atoms with Crippen molar-refractivity contribution < 1.29 is 36.0 Å². The zero-order valence-corrected chi connectivity index (χ0v) is 17.9. The lowest BCUT2D eigenvalue weighted by Crippen LogP contribution is -2.63. The number of halogens is 4. The average molecular weight is 506 g/mol. The molecule has 0 radical (unpaired) electrons. The van der Waals surface area contributed by atoms with Gasteiger partial charge in [0.25, 0.3) is 17.6 Å². The molecule has 2 amide bonds. The third-order valence-electron chi connectivity index (χ3n) is 4.37. The number of primary sulfonamides is 1. The van der Waals surface area contributed by atoms with E-state index in [9.17, 15) is 36.0 Å². The molecule has 2 aromatic rings. The molecule has 1 saturated heterocycles. The number of carbonyl (C=O) groups is 3. The van der Waals surface area contributed by atoms with E-state index in [2.05, 4.69) is 0 Å². The van der Waals surface area contributed by atoms with E-state index in [1.165, 1.54) is 24.3 Å². The Labute approximate surface area is 189 Å². The van der Waals surface area contributed by atoms with Crippen molar-refractivity contribution in [1.82, 2.24) is 0 Å². The van der Waals surface area contributed by atoms with Gasteiger partial charge in [0.05, 0.1) is 16.3 Å². The first-order chi connectivity index (χ1) is 14.7. The van der Waals surface area contributed by atoms with E-state index >= 15 is 0 Å². The number of nitrogens with two attached hydrogens (primary N) is 1. The van der Waals surface area contributed by atoms with Crippen LogP contribution < -0.4 is 14.9 Å². The molecule has 2 N–H and O–H groups in total. The van der Waals surface area contributed by atoms with Gasteiger partial charge in [-0.05, 0) is 60.7 Å². The summed E-state index contributed by atoms with van der Waals surface area (Å²) >= 11 is 11.0. The second kappa shape index (κ2) is 8.24. The highest BCUT2D eigenvalue weighted by Crippen LogP contribution is 2.33. The van der Waals surface area contributed by atoms with Gasteiger partial charge in [0.15, 0.2) is 11.0 Å². The second-order valence-corrected chi connectivity index (χ2v) is 8.80. The minimum absolute atomic E-state index is 0.0389. The molecule has 8 nitrogen and oxygen atoms in total. The van der Waals surface area contributed by atoms with Crippen LogP contribution in [0.5, 0.6) is 0 Å². The fraction of sp³-hybridized carbons (Fsp3) is 0.111. The largest absolute Gasteiger partial charge is 0.451 e. The van der Waals surface area contributed by atoms with Crippen LogP contribution in [0.2, 0.25) is 5.02 Å². The van der Waals surface area contributed by atoms with Crippen molar-refractivity contribution in [2.45, 2.75) is 11.1 Å². The summed E-state index contributed by atoms with van der Waals surface area (Å²) < 4.78 is 62.3. The highest BCUT2D eigenvalue weighted by molar-refractivity contribution is 7.89. The minimum atomic E-state index is -5.48. The molecule has 14 heteroatoms. The second-order valence-electron chi connectivity index (χ2n) is 6.44. The Morgan fingerprint density at radius 1 is 0.938 bits per heavy atom. The molecule has 1 heterocycles. The Morgan fingerprint density at radius 3 is 1.72 bits per heavy atom. The van der Waals surface area contributed by atoms with Gasteiger partial charge in [0, 0.05) is 5.02 Å². The number of Topliss-reactive ketones (excluding diaryl/α,β-unsaturated/α-hetero) is 1. The third kappa shape index (κ3) is 4.37. The molecule has 0 bridgehead atoms. The quantitative estimate of drug-likeness (QED) is 0.503. The molecule has 0 spiro atoms. The van der Waals surface area contributed by atoms with Gasteiger partial charge in [-0.3, -0.25) is 24.2 Å². The number of alkyl halides is 3. The molecular weight excluding hydrogens is 495 g/mol. The zero-order chi connectivity index (χ0) is 24.0. The van der Waals surface area contributed by atoms with Gasteiger partial charge in [0.2, 0.25) is 10.0 Å². The van der Waals surface area contributed by atoms with Crippen molar-refractivity contribution in [2.75, 3.05) is 9.80 Å². The van der Waals surface area contributed by atoms with Gasteiger partial charge in [-0.25, -0.2) is 13.6 Å². The fourth-order valence-electron chi connectivity index (χ4n) is 2.89. The number of sulfonamides is 1. The lowest BCUT2D eigenvalue weighted by molar-refractivity contribution is -0.177. The molecule has 32 heavy (non-hydrogen) atoms. The average Bonchev–Trinajstić information content (AvgIpc) is 2.68. The number of thiocarbonyl (C=S) groups is 1. The first kappa shape index (κ1) is 23.8. The van der Waals surface area contributed by atoms with E-state index in [0.717, 1.165) is 24.3 Å². The summed E-state index contributed by atoms with van der Waals surface area (Å²) in [5, 5.41) is 4.71. The summed E-state index contributed by atoms with van der Waals surface area (Å²) in [4.78, 5) is 38.4. The monoisotopic (exact) mass is 505 g/mol. The Kier molecular flexibility index (Phi) is 6.12. The predicted molar refractivity (Wildman–Crippen MR) is 111 cm³/mol. The van der Waals surface area contributed by atoms with E-state index in [0.29, 0.717) is 9.80 Å². The topological polar surface area (TPSA) is 118 Å². The summed E-state index contributed by atoms with van der Waals surface area (Å²) in [6.45, 7) is 0. The van der Waals surface area contributed by atoms with Crippen LogP contribution in [-0.4, -0.2) is 37.3 Å². The molecule has 0 aliphatic carbocycles. The Balaban J connectivity index is 2.16. The summed E-state index contributed by atoms with van der Waals surface area (Å²) in [5.74, 6) is -8.34. The maximum absolute atomic E-state index is 13.2. The lowest BCUT2D eigenvalue weighted by Gasteiger charge is -2.38. The summed E-state index contributed by atoms with van der Waals surface area (Å²) in [6, 6.07) is 9.27. The summed E-state index contributed by atoms with van der Waals surface area (Å²) in [5.41, 5.74) is -0.220. The molecule has 1 aliphatic heterocycles. The van der Waals surface area contributed by atoms with Gasteiger partial charge >= 0.3 is 6.18 Å². The van der Waals surface area contributed by atoms with Crippen LogP contribution in [0.3, 0.4) is 0 Å². The van der Waals surface area contributed by atoms with E-state index in [1.807, 2.05) is 0 Å².